The number of hydrogen-bond donors (Lipinski definition) is 2. The summed E-state index contributed by atoms with van der Waals surface area (Å²) in [6.45, 7) is 11.0. The van der Waals surface area contributed by atoms with Gasteiger partial charge in [0.25, 0.3) is 5.91 Å². The van der Waals surface area contributed by atoms with E-state index in [-0.39, 0.29) is 12.5 Å². The molecule has 33 heavy (non-hydrogen) atoms. The fourth-order valence-electron chi connectivity index (χ4n) is 5.76. The molecule has 4 nitrogen and oxygen atoms in total. The third-order valence-electron chi connectivity index (χ3n) is 7.72. The molecule has 1 aliphatic carbocycles. The van der Waals surface area contributed by atoms with E-state index in [9.17, 15) is 9.90 Å². The van der Waals surface area contributed by atoms with Crippen LogP contribution < -0.4 is 5.32 Å². The van der Waals surface area contributed by atoms with Crippen LogP contribution in [0.2, 0.25) is 0 Å². The number of amides is 1. The van der Waals surface area contributed by atoms with Crippen LogP contribution in [-0.2, 0) is 6.54 Å². The van der Waals surface area contributed by atoms with E-state index >= 15 is 0 Å². The average Bonchev–Trinajstić information content (AvgIpc) is 3.16. The van der Waals surface area contributed by atoms with Crippen LogP contribution in [0, 0.1) is 24.7 Å². The minimum atomic E-state index is -0.403. The van der Waals surface area contributed by atoms with Crippen LogP contribution in [0.1, 0.15) is 91.1 Å². The summed E-state index contributed by atoms with van der Waals surface area (Å²) < 4.78 is 0. The Morgan fingerprint density at radius 1 is 1.09 bits per heavy atom. The van der Waals surface area contributed by atoms with Crippen LogP contribution in [0.25, 0.3) is 0 Å². The topological polar surface area (TPSA) is 52.6 Å². The summed E-state index contributed by atoms with van der Waals surface area (Å²) in [7, 11) is 0. The molecule has 0 aromatic heterocycles. The molecular formula is C29H40N2O2. The van der Waals surface area contributed by atoms with Crippen molar-refractivity contribution in [3.05, 3.63) is 70.3 Å². The van der Waals surface area contributed by atoms with Gasteiger partial charge in [-0.2, -0.15) is 0 Å². The van der Waals surface area contributed by atoms with Crippen molar-refractivity contribution < 1.29 is 9.90 Å². The predicted molar refractivity (Wildman–Crippen MR) is 134 cm³/mol. The lowest BCUT2D eigenvalue weighted by Crippen LogP contribution is -2.32. The number of carbonyl (C=O) groups is 1. The summed E-state index contributed by atoms with van der Waals surface area (Å²) in [5.41, 5.74) is 5.41. The molecular weight excluding hydrogens is 408 g/mol. The van der Waals surface area contributed by atoms with Crippen LogP contribution in [0.15, 0.2) is 42.5 Å². The second kappa shape index (κ2) is 10.4. The van der Waals surface area contributed by atoms with Gasteiger partial charge in [0.1, 0.15) is 0 Å². The summed E-state index contributed by atoms with van der Waals surface area (Å²) in [5, 5.41) is 12.9. The molecule has 0 spiro atoms. The third-order valence-corrected chi connectivity index (χ3v) is 7.72. The molecule has 0 saturated heterocycles. The molecule has 178 valence electrons. The molecule has 0 bridgehead atoms. The number of aliphatic hydroxyl groups excluding tert-OH is 1. The predicted octanol–water partition coefficient (Wildman–Crippen LogP) is 5.80. The molecule has 4 heteroatoms. The zero-order valence-corrected chi connectivity index (χ0v) is 20.7. The smallest absolute Gasteiger partial charge is 0.251 e. The highest BCUT2D eigenvalue weighted by Crippen LogP contribution is 2.41. The normalized spacial score (nSPS) is 24.0. The molecule has 1 saturated carbocycles. The minimum absolute atomic E-state index is 0.122. The molecule has 2 N–H and O–H groups in total. The van der Waals surface area contributed by atoms with Crippen LogP contribution in [0.3, 0.4) is 0 Å². The maximum absolute atomic E-state index is 13.1. The molecule has 0 radical (unpaired) electrons. The van der Waals surface area contributed by atoms with Gasteiger partial charge in [-0.3, -0.25) is 9.69 Å². The third kappa shape index (κ3) is 5.50. The highest BCUT2D eigenvalue weighted by molar-refractivity contribution is 5.94. The highest BCUT2D eigenvalue weighted by atomic mass is 16.3. The highest BCUT2D eigenvalue weighted by Gasteiger charge is 2.34. The maximum Gasteiger partial charge on any atom is 0.251 e. The zero-order chi connectivity index (χ0) is 23.5. The monoisotopic (exact) mass is 448 g/mol. The number of nitrogens with zero attached hydrogens (tertiary/aromatic N) is 1. The van der Waals surface area contributed by atoms with Gasteiger partial charge in [0, 0.05) is 24.7 Å². The number of aliphatic hydroxyl groups is 1. The van der Waals surface area contributed by atoms with E-state index in [2.05, 4.69) is 43.1 Å². The lowest BCUT2D eigenvalue weighted by Gasteiger charge is -2.34. The number of hydrogen-bond acceptors (Lipinski definition) is 3. The Balaban J connectivity index is 1.47. The summed E-state index contributed by atoms with van der Waals surface area (Å²) >= 11 is 0. The number of carbonyl (C=O) groups excluding carboxylic acids is 1. The Hall–Kier alpha value is -2.17. The summed E-state index contributed by atoms with van der Waals surface area (Å²) in [5.74, 6) is 2.08. The largest absolute Gasteiger partial charge is 0.394 e. The van der Waals surface area contributed by atoms with Crippen LogP contribution in [0.4, 0.5) is 0 Å². The summed E-state index contributed by atoms with van der Waals surface area (Å²) in [6, 6.07) is 14.2. The number of benzene rings is 2. The van der Waals surface area contributed by atoms with Gasteiger partial charge in [-0.05, 0) is 66.3 Å². The first-order chi connectivity index (χ1) is 15.9. The van der Waals surface area contributed by atoms with Crippen molar-refractivity contribution in [1.82, 2.24) is 10.2 Å². The van der Waals surface area contributed by atoms with Gasteiger partial charge in [-0.25, -0.2) is 0 Å². The Labute approximate surface area is 199 Å². The molecule has 1 amide bonds. The fraction of sp³-hybridized carbons (Fsp3) is 0.552. The number of rotatable bonds is 7. The second-order valence-corrected chi connectivity index (χ2v) is 10.8. The molecule has 2 aliphatic rings. The lowest BCUT2D eigenvalue weighted by molar-refractivity contribution is 0.0916. The molecule has 4 rings (SSSR count). The second-order valence-electron chi connectivity index (χ2n) is 10.8. The van der Waals surface area contributed by atoms with Gasteiger partial charge >= 0.3 is 0 Å². The SMILES string of the molecule is Cc1ccc([C@H](CO)NC(=O)c2ccc3c(c2)CN(CC2CCC(C)CC2)[C@@H]3C(C)C)cc1. The quantitative estimate of drug-likeness (QED) is 0.563. The molecule has 0 unspecified atom stereocenters. The standard InChI is InChI=1S/C29H40N2O2/c1-19(2)28-26-14-13-24(29(33)30-27(18-32)23-11-7-21(4)8-12-23)15-25(26)17-31(28)16-22-9-5-20(3)6-10-22/h7-8,11-15,19-20,22,27-28,32H,5-6,9-10,16-18H2,1-4H3,(H,30,33)/t20?,22?,27-,28+/m0/s1. The fourth-order valence-corrected chi connectivity index (χ4v) is 5.76. The molecule has 1 heterocycles. The van der Waals surface area contributed by atoms with Crippen molar-refractivity contribution in [2.75, 3.05) is 13.2 Å². The number of nitrogens with one attached hydrogen (secondary N) is 1. The van der Waals surface area contributed by atoms with E-state index in [1.165, 1.54) is 36.8 Å². The van der Waals surface area contributed by atoms with E-state index in [0.717, 1.165) is 36.1 Å². The zero-order valence-electron chi connectivity index (χ0n) is 20.7. The van der Waals surface area contributed by atoms with Crippen molar-refractivity contribution in [1.29, 1.82) is 0 Å². The Bertz CT molecular complexity index is 945. The van der Waals surface area contributed by atoms with Crippen molar-refractivity contribution in [3.63, 3.8) is 0 Å². The van der Waals surface area contributed by atoms with Gasteiger partial charge in [0.05, 0.1) is 12.6 Å². The number of fused-ring (bicyclic) bond motifs is 1. The molecule has 1 aliphatic heterocycles. The Morgan fingerprint density at radius 2 is 1.79 bits per heavy atom. The van der Waals surface area contributed by atoms with Gasteiger partial charge in [-0.15, -0.1) is 0 Å². The van der Waals surface area contributed by atoms with Gasteiger partial charge < -0.3 is 10.4 Å². The molecule has 2 atom stereocenters. The number of aryl methyl sites for hydroxylation is 1. The summed E-state index contributed by atoms with van der Waals surface area (Å²) in [4.78, 5) is 15.7. The van der Waals surface area contributed by atoms with Crippen LogP contribution in [0.5, 0.6) is 0 Å². The van der Waals surface area contributed by atoms with Crippen molar-refractivity contribution >= 4 is 5.91 Å². The van der Waals surface area contributed by atoms with Crippen molar-refractivity contribution in [2.24, 2.45) is 17.8 Å². The summed E-state index contributed by atoms with van der Waals surface area (Å²) in [6.07, 6.45) is 5.40. The van der Waals surface area contributed by atoms with E-state index in [0.29, 0.717) is 17.5 Å². The van der Waals surface area contributed by atoms with Gasteiger partial charge in [-0.1, -0.05) is 69.5 Å². The van der Waals surface area contributed by atoms with Crippen molar-refractivity contribution in [3.8, 4) is 0 Å². The van der Waals surface area contributed by atoms with Crippen molar-refractivity contribution in [2.45, 2.75) is 72.0 Å². The lowest BCUT2D eigenvalue weighted by atomic mass is 9.82. The van der Waals surface area contributed by atoms with Gasteiger partial charge in [0.15, 0.2) is 0 Å². The Kier molecular flexibility index (Phi) is 7.55. The van der Waals surface area contributed by atoms with E-state index < -0.39 is 6.04 Å². The molecule has 2 aromatic rings. The van der Waals surface area contributed by atoms with Crippen LogP contribution in [-0.4, -0.2) is 29.1 Å². The minimum Gasteiger partial charge on any atom is -0.394 e. The molecule has 1 fully saturated rings. The van der Waals surface area contributed by atoms with E-state index in [1.807, 2.05) is 37.3 Å². The first-order valence-electron chi connectivity index (χ1n) is 12.7. The van der Waals surface area contributed by atoms with Crippen LogP contribution >= 0.6 is 0 Å². The van der Waals surface area contributed by atoms with E-state index in [1.54, 1.807) is 0 Å². The molecule has 2 aromatic carbocycles. The van der Waals surface area contributed by atoms with E-state index in [4.69, 9.17) is 0 Å². The first kappa shape index (κ1) is 24.0. The average molecular weight is 449 g/mol. The van der Waals surface area contributed by atoms with Gasteiger partial charge in [0.2, 0.25) is 0 Å². The first-order valence-corrected chi connectivity index (χ1v) is 12.7. The maximum atomic E-state index is 13.1. The Morgan fingerprint density at radius 3 is 2.42 bits per heavy atom.